The number of carbonyl (C=O) groups excluding carboxylic acids is 1. The molecule has 0 spiro atoms. The van der Waals surface area contributed by atoms with E-state index < -0.39 is 17.9 Å². The molecule has 0 radical (unpaired) electrons. The molecule has 0 aliphatic rings. The zero-order chi connectivity index (χ0) is 25.2. The minimum atomic E-state index is -4.67. The Hall–Kier alpha value is -3.83. The Bertz CT molecular complexity index is 1450. The van der Waals surface area contributed by atoms with Crippen LogP contribution >= 0.6 is 11.6 Å². The molecule has 2 amide bonds. The van der Waals surface area contributed by atoms with Gasteiger partial charge in [0.15, 0.2) is 5.69 Å². The Kier molecular flexibility index (Phi) is 6.81. The lowest BCUT2D eigenvalue weighted by Crippen LogP contribution is -2.29. The molecule has 0 unspecified atom stereocenters. The largest absolute Gasteiger partial charge is 0.435 e. The second-order valence-electron chi connectivity index (χ2n) is 7.50. The van der Waals surface area contributed by atoms with Crippen molar-refractivity contribution in [3.63, 3.8) is 0 Å². The number of amides is 2. The summed E-state index contributed by atoms with van der Waals surface area (Å²) in [6.07, 6.45) is -4.67. The van der Waals surface area contributed by atoms with E-state index in [2.05, 4.69) is 15.7 Å². The minimum absolute atomic E-state index is 0.0842. The third-order valence-corrected chi connectivity index (χ3v) is 5.40. The molecule has 2 aromatic heterocycles. The first-order valence-electron chi connectivity index (χ1n) is 10.4. The van der Waals surface area contributed by atoms with Crippen molar-refractivity contribution in [2.75, 3.05) is 11.9 Å². The van der Waals surface area contributed by atoms with Crippen LogP contribution in [0.4, 0.5) is 23.7 Å². The molecular formula is C23H19ClF3N5O3. The predicted molar refractivity (Wildman–Crippen MR) is 125 cm³/mol. The third kappa shape index (κ3) is 5.31. The Morgan fingerprint density at radius 3 is 2.57 bits per heavy atom. The molecule has 0 atom stereocenters. The van der Waals surface area contributed by atoms with Crippen molar-refractivity contribution in [3.05, 3.63) is 87.4 Å². The van der Waals surface area contributed by atoms with E-state index in [1.165, 1.54) is 16.7 Å². The highest BCUT2D eigenvalue weighted by atomic mass is 35.5. The number of anilines is 1. The van der Waals surface area contributed by atoms with Crippen LogP contribution in [0.5, 0.6) is 0 Å². The van der Waals surface area contributed by atoms with Crippen LogP contribution in [0.15, 0.2) is 65.5 Å². The van der Waals surface area contributed by atoms with Crippen LogP contribution in [0.1, 0.15) is 11.4 Å². The topological polar surface area (TPSA) is 101 Å². The van der Waals surface area contributed by atoms with Gasteiger partial charge in [0.2, 0.25) is 0 Å². The molecule has 4 rings (SSSR count). The van der Waals surface area contributed by atoms with Gasteiger partial charge in [-0.05, 0) is 42.5 Å². The van der Waals surface area contributed by atoms with Gasteiger partial charge in [-0.15, -0.1) is 0 Å². The summed E-state index contributed by atoms with van der Waals surface area (Å²) in [5.41, 5.74) is -0.122. The lowest BCUT2D eigenvalue weighted by molar-refractivity contribution is -0.141. The number of benzene rings is 2. The maximum atomic E-state index is 13.3. The zero-order valence-corrected chi connectivity index (χ0v) is 18.8. The van der Waals surface area contributed by atoms with Crippen LogP contribution in [-0.2, 0) is 19.3 Å². The first-order valence-corrected chi connectivity index (χ1v) is 10.8. The summed E-state index contributed by atoms with van der Waals surface area (Å²) in [5.74, 6) is 0. The van der Waals surface area contributed by atoms with Crippen LogP contribution < -0.4 is 16.2 Å². The maximum absolute atomic E-state index is 13.3. The molecular weight excluding hydrogens is 487 g/mol. The number of pyridine rings is 1. The SMILES string of the molecule is O=C(NCc1cc(C(F)(F)F)nn1-c1cccc(Cl)c1)Nc1cccc2c1ccc(=O)n2CCO. The van der Waals surface area contributed by atoms with Crippen LogP contribution in [-0.4, -0.2) is 32.1 Å². The van der Waals surface area contributed by atoms with Crippen molar-refractivity contribution in [1.82, 2.24) is 19.7 Å². The van der Waals surface area contributed by atoms with Crippen molar-refractivity contribution >= 4 is 34.2 Å². The number of aliphatic hydroxyl groups is 1. The fraction of sp³-hybridized carbons (Fsp3) is 0.174. The molecule has 2 aromatic carbocycles. The van der Waals surface area contributed by atoms with E-state index in [1.807, 2.05) is 0 Å². The standard InChI is InChI=1S/C23H19ClF3N5O3/c24-14-3-1-4-15(11-14)32-16(12-20(30-32)23(25,26)27)13-28-22(35)29-18-5-2-6-19-17(18)7-8-21(34)31(19)9-10-33/h1-8,11-12,33H,9-10,13H2,(H2,28,29,35). The Morgan fingerprint density at radius 1 is 1.09 bits per heavy atom. The number of aliphatic hydroxyl groups excluding tert-OH is 1. The summed E-state index contributed by atoms with van der Waals surface area (Å²) in [7, 11) is 0. The molecule has 0 fully saturated rings. The molecule has 2 heterocycles. The minimum Gasteiger partial charge on any atom is -0.395 e. The summed E-state index contributed by atoms with van der Waals surface area (Å²) in [4.78, 5) is 24.7. The van der Waals surface area contributed by atoms with E-state index in [0.29, 0.717) is 27.3 Å². The van der Waals surface area contributed by atoms with Crippen molar-refractivity contribution in [2.24, 2.45) is 0 Å². The lowest BCUT2D eigenvalue weighted by Gasteiger charge is -2.13. The molecule has 0 bridgehead atoms. The number of urea groups is 1. The number of aromatic nitrogens is 3. The zero-order valence-electron chi connectivity index (χ0n) is 18.0. The van der Waals surface area contributed by atoms with Gasteiger partial charge in [-0.2, -0.15) is 18.3 Å². The van der Waals surface area contributed by atoms with Crippen molar-refractivity contribution < 1.29 is 23.1 Å². The van der Waals surface area contributed by atoms with Crippen molar-refractivity contribution in [2.45, 2.75) is 19.3 Å². The number of alkyl halides is 3. The lowest BCUT2D eigenvalue weighted by atomic mass is 10.1. The molecule has 35 heavy (non-hydrogen) atoms. The highest BCUT2D eigenvalue weighted by Gasteiger charge is 2.35. The van der Waals surface area contributed by atoms with E-state index in [1.54, 1.807) is 42.5 Å². The van der Waals surface area contributed by atoms with E-state index in [4.69, 9.17) is 11.6 Å². The van der Waals surface area contributed by atoms with Gasteiger partial charge in [-0.1, -0.05) is 23.7 Å². The highest BCUT2D eigenvalue weighted by molar-refractivity contribution is 6.30. The van der Waals surface area contributed by atoms with E-state index in [9.17, 15) is 27.9 Å². The number of fused-ring (bicyclic) bond motifs is 1. The Morgan fingerprint density at radius 2 is 1.86 bits per heavy atom. The quantitative estimate of drug-likeness (QED) is 0.366. The molecule has 12 heteroatoms. The number of rotatable bonds is 6. The fourth-order valence-corrected chi connectivity index (χ4v) is 3.80. The van der Waals surface area contributed by atoms with Gasteiger partial charge in [0.25, 0.3) is 5.56 Å². The maximum Gasteiger partial charge on any atom is 0.435 e. The molecule has 0 saturated carbocycles. The van der Waals surface area contributed by atoms with E-state index in [-0.39, 0.29) is 30.9 Å². The summed E-state index contributed by atoms with van der Waals surface area (Å²) >= 11 is 5.97. The molecule has 0 aliphatic heterocycles. The number of halogens is 4. The fourth-order valence-electron chi connectivity index (χ4n) is 3.62. The van der Waals surface area contributed by atoms with Crippen LogP contribution in [0.25, 0.3) is 16.6 Å². The molecule has 0 aliphatic carbocycles. The van der Waals surface area contributed by atoms with E-state index in [0.717, 1.165) is 10.7 Å². The number of carbonyl (C=O) groups is 1. The molecule has 3 N–H and O–H groups in total. The van der Waals surface area contributed by atoms with Gasteiger partial charge in [0, 0.05) is 23.0 Å². The number of hydrogen-bond donors (Lipinski definition) is 3. The van der Waals surface area contributed by atoms with Gasteiger partial charge >= 0.3 is 12.2 Å². The Balaban J connectivity index is 1.58. The molecule has 8 nitrogen and oxygen atoms in total. The monoisotopic (exact) mass is 505 g/mol. The second kappa shape index (κ2) is 9.80. The number of nitrogens with zero attached hydrogens (tertiary/aromatic N) is 3. The predicted octanol–water partition coefficient (Wildman–Crippen LogP) is 4.17. The highest BCUT2D eigenvalue weighted by Crippen LogP contribution is 2.30. The summed E-state index contributed by atoms with van der Waals surface area (Å²) < 4.78 is 42.3. The van der Waals surface area contributed by atoms with Gasteiger partial charge in [-0.25, -0.2) is 9.48 Å². The van der Waals surface area contributed by atoms with Gasteiger partial charge in [-0.3, -0.25) is 4.79 Å². The van der Waals surface area contributed by atoms with Crippen molar-refractivity contribution in [1.29, 1.82) is 0 Å². The average molecular weight is 506 g/mol. The van der Waals surface area contributed by atoms with Crippen LogP contribution in [0, 0.1) is 0 Å². The summed E-state index contributed by atoms with van der Waals surface area (Å²) in [6.45, 7) is -0.417. The Labute approximate surface area is 201 Å². The average Bonchev–Trinajstić information content (AvgIpc) is 3.25. The van der Waals surface area contributed by atoms with Gasteiger partial charge in [0.05, 0.1) is 35.7 Å². The number of hydrogen-bond acceptors (Lipinski definition) is 4. The summed E-state index contributed by atoms with van der Waals surface area (Å²) in [6, 6.07) is 14.1. The van der Waals surface area contributed by atoms with Gasteiger partial charge < -0.3 is 20.3 Å². The smallest absolute Gasteiger partial charge is 0.395 e. The van der Waals surface area contributed by atoms with Crippen LogP contribution in [0.3, 0.4) is 0 Å². The molecule has 0 saturated heterocycles. The molecule has 182 valence electrons. The second-order valence-corrected chi connectivity index (χ2v) is 7.94. The third-order valence-electron chi connectivity index (χ3n) is 5.16. The van der Waals surface area contributed by atoms with Crippen LogP contribution in [0.2, 0.25) is 5.02 Å². The van der Waals surface area contributed by atoms with E-state index >= 15 is 0 Å². The molecule has 4 aromatic rings. The summed E-state index contributed by atoms with van der Waals surface area (Å²) in [5, 5.41) is 18.9. The number of nitrogens with one attached hydrogen (secondary N) is 2. The normalized spacial score (nSPS) is 11.6. The first kappa shape index (κ1) is 24.3. The van der Waals surface area contributed by atoms with Crippen molar-refractivity contribution in [3.8, 4) is 5.69 Å². The first-order chi connectivity index (χ1) is 16.7. The van der Waals surface area contributed by atoms with Gasteiger partial charge in [0.1, 0.15) is 0 Å².